The summed E-state index contributed by atoms with van der Waals surface area (Å²) in [7, 11) is 1.59. The van der Waals surface area contributed by atoms with E-state index in [4.69, 9.17) is 10.2 Å². The van der Waals surface area contributed by atoms with Gasteiger partial charge in [0.15, 0.2) is 0 Å². The molecule has 0 saturated carbocycles. The Labute approximate surface area is 111 Å². The minimum absolute atomic E-state index is 0.0303. The lowest BCUT2D eigenvalue weighted by Crippen LogP contribution is -2.18. The average Bonchev–Trinajstić information content (AvgIpc) is 2.94. The first-order valence-corrected chi connectivity index (χ1v) is 6.03. The lowest BCUT2D eigenvalue weighted by molar-refractivity contribution is 0.0963. The van der Waals surface area contributed by atoms with Crippen LogP contribution in [0.25, 0.3) is 0 Å². The Morgan fingerprint density at radius 1 is 1.37 bits per heavy atom. The van der Waals surface area contributed by atoms with Crippen molar-refractivity contribution in [3.8, 4) is 0 Å². The number of benzene rings is 1. The van der Waals surface area contributed by atoms with E-state index in [0.717, 1.165) is 5.76 Å². The first-order valence-electron chi connectivity index (χ1n) is 6.03. The molecule has 0 bridgehead atoms. The van der Waals surface area contributed by atoms with Crippen molar-refractivity contribution in [1.29, 1.82) is 0 Å². The van der Waals surface area contributed by atoms with Crippen LogP contribution in [-0.4, -0.2) is 13.0 Å². The first-order chi connectivity index (χ1) is 9.11. The van der Waals surface area contributed by atoms with E-state index in [1.54, 1.807) is 31.5 Å². The summed E-state index contributed by atoms with van der Waals surface area (Å²) in [5.41, 5.74) is 7.77. The summed E-state index contributed by atoms with van der Waals surface area (Å²) in [6.07, 6.45) is 1.62. The molecule has 5 nitrogen and oxygen atoms in total. The van der Waals surface area contributed by atoms with Crippen LogP contribution in [0, 0.1) is 0 Å². The standard InChI is InChI=1S/C14H17N3O2/c1-9(13-4-3-7-19-13)17-12-8-10(14(18)16-2)5-6-11(12)15/h3-9,17H,15H2,1-2H3,(H,16,18). The summed E-state index contributed by atoms with van der Waals surface area (Å²) < 4.78 is 5.32. The fourth-order valence-electron chi connectivity index (χ4n) is 1.81. The molecule has 5 heteroatoms. The van der Waals surface area contributed by atoms with E-state index in [2.05, 4.69) is 10.6 Å². The highest BCUT2D eigenvalue weighted by atomic mass is 16.3. The van der Waals surface area contributed by atoms with Gasteiger partial charge in [0, 0.05) is 12.6 Å². The molecule has 1 amide bonds. The zero-order valence-electron chi connectivity index (χ0n) is 10.9. The van der Waals surface area contributed by atoms with Crippen LogP contribution in [0.4, 0.5) is 11.4 Å². The Kier molecular flexibility index (Phi) is 3.75. The summed E-state index contributed by atoms with van der Waals surface area (Å²) in [4.78, 5) is 11.6. The number of hydrogen-bond donors (Lipinski definition) is 3. The molecule has 19 heavy (non-hydrogen) atoms. The molecule has 1 aromatic carbocycles. The molecule has 0 spiro atoms. The Morgan fingerprint density at radius 3 is 2.79 bits per heavy atom. The minimum Gasteiger partial charge on any atom is -0.467 e. The maximum Gasteiger partial charge on any atom is 0.251 e. The SMILES string of the molecule is CNC(=O)c1ccc(N)c(NC(C)c2ccco2)c1. The Morgan fingerprint density at radius 2 is 2.16 bits per heavy atom. The van der Waals surface area contributed by atoms with Crippen molar-refractivity contribution >= 4 is 17.3 Å². The summed E-state index contributed by atoms with van der Waals surface area (Å²) in [5.74, 6) is 0.665. The van der Waals surface area contributed by atoms with Crippen LogP contribution >= 0.6 is 0 Å². The number of furan rings is 1. The molecule has 2 rings (SSSR count). The van der Waals surface area contributed by atoms with Gasteiger partial charge < -0.3 is 20.8 Å². The van der Waals surface area contributed by atoms with Crippen LogP contribution in [-0.2, 0) is 0 Å². The predicted octanol–water partition coefficient (Wildman–Crippen LogP) is 2.39. The molecule has 1 heterocycles. The van der Waals surface area contributed by atoms with Crippen LogP contribution in [0.15, 0.2) is 41.0 Å². The number of nitrogens with two attached hydrogens (primary N) is 1. The Balaban J connectivity index is 2.22. The van der Waals surface area contributed by atoms with E-state index in [-0.39, 0.29) is 11.9 Å². The van der Waals surface area contributed by atoms with Gasteiger partial charge in [-0.2, -0.15) is 0 Å². The summed E-state index contributed by atoms with van der Waals surface area (Å²) in [5, 5.41) is 5.82. The third kappa shape index (κ3) is 2.88. The Hall–Kier alpha value is -2.43. The lowest BCUT2D eigenvalue weighted by atomic mass is 10.1. The van der Waals surface area contributed by atoms with E-state index < -0.39 is 0 Å². The van der Waals surface area contributed by atoms with Crippen molar-refractivity contribution in [1.82, 2.24) is 5.32 Å². The van der Waals surface area contributed by atoms with E-state index in [9.17, 15) is 4.79 Å². The van der Waals surface area contributed by atoms with Crippen LogP contribution in [0.1, 0.15) is 29.1 Å². The number of hydrogen-bond acceptors (Lipinski definition) is 4. The smallest absolute Gasteiger partial charge is 0.251 e. The van der Waals surface area contributed by atoms with E-state index in [1.807, 2.05) is 19.1 Å². The van der Waals surface area contributed by atoms with Gasteiger partial charge in [-0.1, -0.05) is 0 Å². The molecule has 0 radical (unpaired) electrons. The van der Waals surface area contributed by atoms with Gasteiger partial charge in [0.1, 0.15) is 5.76 Å². The van der Waals surface area contributed by atoms with Gasteiger partial charge in [-0.15, -0.1) is 0 Å². The molecule has 100 valence electrons. The molecular formula is C14H17N3O2. The maximum absolute atomic E-state index is 11.6. The second kappa shape index (κ2) is 5.48. The topological polar surface area (TPSA) is 80.3 Å². The van der Waals surface area contributed by atoms with Gasteiger partial charge in [-0.05, 0) is 37.3 Å². The number of amides is 1. The number of rotatable bonds is 4. The van der Waals surface area contributed by atoms with Gasteiger partial charge in [0.05, 0.1) is 23.7 Å². The molecule has 0 saturated heterocycles. The van der Waals surface area contributed by atoms with Gasteiger partial charge in [-0.25, -0.2) is 0 Å². The molecule has 0 aliphatic carbocycles. The largest absolute Gasteiger partial charge is 0.467 e. The first kappa shape index (κ1) is 13.0. The zero-order chi connectivity index (χ0) is 13.8. The molecule has 0 fully saturated rings. The van der Waals surface area contributed by atoms with Gasteiger partial charge in [0.25, 0.3) is 5.91 Å². The highest BCUT2D eigenvalue weighted by molar-refractivity contribution is 5.96. The van der Waals surface area contributed by atoms with Crippen molar-refractivity contribution in [3.63, 3.8) is 0 Å². The molecule has 0 aliphatic rings. The van der Waals surface area contributed by atoms with Crippen molar-refractivity contribution in [2.24, 2.45) is 0 Å². The van der Waals surface area contributed by atoms with Crippen LogP contribution in [0.2, 0.25) is 0 Å². The molecule has 4 N–H and O–H groups in total. The second-order valence-corrected chi connectivity index (χ2v) is 4.26. The average molecular weight is 259 g/mol. The third-order valence-corrected chi connectivity index (χ3v) is 2.88. The van der Waals surface area contributed by atoms with E-state index in [0.29, 0.717) is 16.9 Å². The maximum atomic E-state index is 11.6. The monoisotopic (exact) mass is 259 g/mol. The third-order valence-electron chi connectivity index (χ3n) is 2.88. The summed E-state index contributed by atoms with van der Waals surface area (Å²) >= 11 is 0. The molecule has 1 unspecified atom stereocenters. The summed E-state index contributed by atoms with van der Waals surface area (Å²) in [6.45, 7) is 1.96. The van der Waals surface area contributed by atoms with Crippen LogP contribution in [0.3, 0.4) is 0 Å². The lowest BCUT2D eigenvalue weighted by Gasteiger charge is -2.15. The van der Waals surface area contributed by atoms with Gasteiger partial charge >= 0.3 is 0 Å². The fraction of sp³-hybridized carbons (Fsp3) is 0.214. The van der Waals surface area contributed by atoms with E-state index in [1.165, 1.54) is 0 Å². The highest BCUT2D eigenvalue weighted by Gasteiger charge is 2.12. The fourth-order valence-corrected chi connectivity index (χ4v) is 1.81. The van der Waals surface area contributed by atoms with Crippen LogP contribution < -0.4 is 16.4 Å². The number of nitrogen functional groups attached to an aromatic ring is 1. The quantitative estimate of drug-likeness (QED) is 0.736. The number of carbonyl (C=O) groups excluding carboxylic acids is 1. The van der Waals surface area contributed by atoms with Gasteiger partial charge in [0.2, 0.25) is 0 Å². The highest BCUT2D eigenvalue weighted by Crippen LogP contribution is 2.25. The van der Waals surface area contributed by atoms with Crippen molar-refractivity contribution in [2.45, 2.75) is 13.0 Å². The molecule has 0 aliphatic heterocycles. The van der Waals surface area contributed by atoms with Crippen molar-refractivity contribution in [3.05, 3.63) is 47.9 Å². The normalized spacial score (nSPS) is 11.9. The second-order valence-electron chi connectivity index (χ2n) is 4.26. The van der Waals surface area contributed by atoms with Gasteiger partial charge in [-0.3, -0.25) is 4.79 Å². The van der Waals surface area contributed by atoms with Crippen LogP contribution in [0.5, 0.6) is 0 Å². The summed E-state index contributed by atoms with van der Waals surface area (Å²) in [6, 6.07) is 8.82. The number of carbonyl (C=O) groups is 1. The number of nitrogens with one attached hydrogen (secondary N) is 2. The predicted molar refractivity (Wildman–Crippen MR) is 75.0 cm³/mol. The molecule has 2 aromatic rings. The van der Waals surface area contributed by atoms with Crippen molar-refractivity contribution < 1.29 is 9.21 Å². The number of anilines is 2. The molecule has 1 aromatic heterocycles. The van der Waals surface area contributed by atoms with Crippen molar-refractivity contribution in [2.75, 3.05) is 18.1 Å². The van der Waals surface area contributed by atoms with E-state index >= 15 is 0 Å². The molecule has 1 atom stereocenters. The minimum atomic E-state index is -0.145. The molecular weight excluding hydrogens is 242 g/mol. The zero-order valence-corrected chi connectivity index (χ0v) is 10.9. The Bertz CT molecular complexity index is 564.